The summed E-state index contributed by atoms with van der Waals surface area (Å²) in [4.78, 5) is 3.49. The predicted octanol–water partition coefficient (Wildman–Crippen LogP) is 3.21. The van der Waals surface area contributed by atoms with E-state index in [4.69, 9.17) is 0 Å². The minimum absolute atomic E-state index is 0.0566. The zero-order valence-electron chi connectivity index (χ0n) is 12.0. The largest absolute Gasteiger partial charge is 0.504 e. The maximum atomic E-state index is 9.90. The van der Waals surface area contributed by atoms with Gasteiger partial charge in [-0.15, -0.1) is 0 Å². The van der Waals surface area contributed by atoms with Gasteiger partial charge in [-0.25, -0.2) is 0 Å². The number of aryl methyl sites for hydroxylation is 1. The molecule has 2 aromatic rings. The number of rotatable bonds is 0. The molecule has 4 heteroatoms. The Kier molecular flexibility index (Phi) is 2.81. The fourth-order valence-corrected chi connectivity index (χ4v) is 4.03. The molecule has 0 saturated heterocycles. The zero-order chi connectivity index (χ0) is 15.3. The van der Waals surface area contributed by atoms with Gasteiger partial charge in [0.2, 0.25) is 0 Å². The Morgan fingerprint density at radius 3 is 2.64 bits per heavy atom. The van der Waals surface area contributed by atoms with E-state index >= 15 is 0 Å². The molecule has 0 bridgehead atoms. The molecule has 2 aliphatic carbocycles. The van der Waals surface area contributed by atoms with Crippen molar-refractivity contribution in [2.24, 2.45) is 5.92 Å². The van der Waals surface area contributed by atoms with Crippen LogP contribution in [0, 0.1) is 5.92 Å². The van der Waals surface area contributed by atoms with Crippen molar-refractivity contribution in [3.05, 3.63) is 64.2 Å². The Labute approximate surface area is 128 Å². The minimum atomic E-state index is -0.0708. The van der Waals surface area contributed by atoms with Crippen LogP contribution in [0.4, 0.5) is 0 Å². The van der Waals surface area contributed by atoms with E-state index in [1.807, 2.05) is 18.2 Å². The van der Waals surface area contributed by atoms with Gasteiger partial charge < -0.3 is 15.7 Å². The number of fused-ring (bicyclic) bond motifs is 5. The average molecular weight is 292 g/mol. The molecule has 2 aromatic carbocycles. The van der Waals surface area contributed by atoms with Gasteiger partial charge in [0.05, 0.1) is 12.0 Å². The van der Waals surface area contributed by atoms with E-state index in [1.54, 1.807) is 12.1 Å². The SMILES string of the molecule is [N-]=[N+]=C1CC2CCc3cc(O)c(O)cc3C2c2ccccc21. The molecule has 2 unspecified atom stereocenters. The topological polar surface area (TPSA) is 76.9 Å². The first kappa shape index (κ1) is 13.1. The van der Waals surface area contributed by atoms with E-state index < -0.39 is 0 Å². The third-order valence-corrected chi connectivity index (χ3v) is 5.01. The van der Waals surface area contributed by atoms with Gasteiger partial charge in [0.15, 0.2) is 11.5 Å². The van der Waals surface area contributed by atoms with Gasteiger partial charge in [-0.1, -0.05) is 18.2 Å². The van der Waals surface area contributed by atoms with Crippen molar-refractivity contribution >= 4 is 5.71 Å². The smallest absolute Gasteiger partial charge is 0.299 e. The van der Waals surface area contributed by atoms with Gasteiger partial charge >= 0.3 is 0 Å². The molecule has 0 heterocycles. The molecule has 22 heavy (non-hydrogen) atoms. The molecule has 2 N–H and O–H groups in total. The number of phenolic OH excluding ortho intramolecular Hbond substituents is 2. The Morgan fingerprint density at radius 2 is 1.82 bits per heavy atom. The molecule has 0 aliphatic heterocycles. The van der Waals surface area contributed by atoms with Crippen molar-refractivity contribution in [3.8, 4) is 11.5 Å². The molecular weight excluding hydrogens is 276 g/mol. The zero-order valence-corrected chi connectivity index (χ0v) is 12.0. The quantitative estimate of drug-likeness (QED) is 0.444. The Balaban J connectivity index is 1.96. The van der Waals surface area contributed by atoms with E-state index in [9.17, 15) is 15.7 Å². The van der Waals surface area contributed by atoms with Crippen LogP contribution in [0.25, 0.3) is 5.53 Å². The van der Waals surface area contributed by atoms with Crippen LogP contribution in [0.1, 0.15) is 41.0 Å². The third kappa shape index (κ3) is 1.78. The second-order valence-corrected chi connectivity index (χ2v) is 6.15. The summed E-state index contributed by atoms with van der Waals surface area (Å²) in [5.74, 6) is 0.409. The lowest BCUT2D eigenvalue weighted by molar-refractivity contribution is -0.00958. The lowest BCUT2D eigenvalue weighted by Gasteiger charge is -2.37. The number of nitrogens with zero attached hydrogens (tertiary/aromatic N) is 2. The maximum absolute atomic E-state index is 9.90. The highest BCUT2D eigenvalue weighted by Crippen LogP contribution is 2.48. The molecule has 0 fully saturated rings. The van der Waals surface area contributed by atoms with Crippen LogP contribution in [-0.2, 0) is 6.42 Å². The normalized spacial score (nSPS) is 22.3. The fourth-order valence-electron chi connectivity index (χ4n) is 4.03. The highest BCUT2D eigenvalue weighted by atomic mass is 16.3. The van der Waals surface area contributed by atoms with Gasteiger partial charge in [0.1, 0.15) is 0 Å². The number of aromatic hydroxyl groups is 2. The highest BCUT2D eigenvalue weighted by molar-refractivity contribution is 5.99. The molecule has 110 valence electrons. The first-order valence-electron chi connectivity index (χ1n) is 7.54. The van der Waals surface area contributed by atoms with E-state index in [2.05, 4.69) is 10.9 Å². The van der Waals surface area contributed by atoms with Gasteiger partial charge in [-0.3, -0.25) is 0 Å². The number of hydrogen-bond acceptors (Lipinski definition) is 2. The van der Waals surface area contributed by atoms with Crippen LogP contribution < -0.4 is 0 Å². The molecule has 0 amide bonds. The molecule has 4 rings (SSSR count). The maximum Gasteiger partial charge on any atom is 0.299 e. The molecule has 0 radical (unpaired) electrons. The summed E-state index contributed by atoms with van der Waals surface area (Å²) >= 11 is 0. The van der Waals surface area contributed by atoms with Crippen molar-refractivity contribution < 1.29 is 15.0 Å². The van der Waals surface area contributed by atoms with Gasteiger partial charge in [0, 0.05) is 5.92 Å². The van der Waals surface area contributed by atoms with Crippen LogP contribution in [0.3, 0.4) is 0 Å². The summed E-state index contributed by atoms with van der Waals surface area (Å²) in [6.45, 7) is 0. The number of benzene rings is 2. The Bertz CT molecular complexity index is 822. The molecule has 0 saturated carbocycles. The predicted molar refractivity (Wildman–Crippen MR) is 82.2 cm³/mol. The van der Waals surface area contributed by atoms with E-state index in [1.165, 1.54) is 0 Å². The first-order valence-corrected chi connectivity index (χ1v) is 7.54. The second-order valence-electron chi connectivity index (χ2n) is 6.15. The molecule has 2 aliphatic rings. The first-order chi connectivity index (χ1) is 10.7. The second kappa shape index (κ2) is 4.72. The molecule has 2 atom stereocenters. The van der Waals surface area contributed by atoms with Crippen molar-refractivity contribution in [3.63, 3.8) is 0 Å². The van der Waals surface area contributed by atoms with E-state index in [0.29, 0.717) is 5.92 Å². The molecular formula is C18H16N2O2. The minimum Gasteiger partial charge on any atom is -0.504 e. The molecule has 0 spiro atoms. The monoisotopic (exact) mass is 292 g/mol. The summed E-state index contributed by atoms with van der Waals surface area (Å²) in [5, 5.41) is 19.6. The standard InChI is InChI=1S/C18H16N2O2/c19-20-15-7-11-6-5-10-8-16(21)17(22)9-14(10)18(11)13-4-2-1-3-12(13)15/h1-4,8-9,11,18,21-22H,5-7H2. The van der Waals surface area contributed by atoms with E-state index in [-0.39, 0.29) is 17.4 Å². The van der Waals surface area contributed by atoms with Crippen molar-refractivity contribution in [1.29, 1.82) is 0 Å². The average Bonchev–Trinajstić information content (AvgIpc) is 2.55. The summed E-state index contributed by atoms with van der Waals surface area (Å²) < 4.78 is 0. The number of phenols is 2. The molecule has 4 nitrogen and oxygen atoms in total. The Hall–Kier alpha value is -2.58. The van der Waals surface area contributed by atoms with Crippen molar-refractivity contribution in [2.45, 2.75) is 25.2 Å². The van der Waals surface area contributed by atoms with Gasteiger partial charge in [-0.2, -0.15) is 4.79 Å². The van der Waals surface area contributed by atoms with Crippen LogP contribution in [0.5, 0.6) is 11.5 Å². The fraction of sp³-hybridized carbons (Fsp3) is 0.278. The Morgan fingerprint density at radius 1 is 1.05 bits per heavy atom. The van der Waals surface area contributed by atoms with Crippen LogP contribution in [0.2, 0.25) is 0 Å². The van der Waals surface area contributed by atoms with Gasteiger partial charge in [0.25, 0.3) is 5.71 Å². The van der Waals surface area contributed by atoms with Crippen molar-refractivity contribution in [2.75, 3.05) is 0 Å². The highest BCUT2D eigenvalue weighted by Gasteiger charge is 2.40. The summed E-state index contributed by atoms with van der Waals surface area (Å²) in [7, 11) is 0. The lowest BCUT2D eigenvalue weighted by Crippen LogP contribution is -2.30. The number of hydrogen-bond donors (Lipinski definition) is 2. The van der Waals surface area contributed by atoms with E-state index in [0.717, 1.165) is 47.2 Å². The summed E-state index contributed by atoms with van der Waals surface area (Å²) in [5.41, 5.74) is 14.3. The third-order valence-electron chi connectivity index (χ3n) is 5.01. The van der Waals surface area contributed by atoms with Crippen molar-refractivity contribution in [1.82, 2.24) is 0 Å². The van der Waals surface area contributed by atoms with Crippen LogP contribution in [-0.4, -0.2) is 20.7 Å². The van der Waals surface area contributed by atoms with Crippen LogP contribution in [0.15, 0.2) is 36.4 Å². The lowest BCUT2D eigenvalue weighted by atomic mass is 9.65. The summed E-state index contributed by atoms with van der Waals surface area (Å²) in [6.07, 6.45) is 2.58. The van der Waals surface area contributed by atoms with Crippen LogP contribution >= 0.6 is 0 Å². The van der Waals surface area contributed by atoms with Gasteiger partial charge in [-0.05, 0) is 53.6 Å². The summed E-state index contributed by atoms with van der Waals surface area (Å²) in [6, 6.07) is 11.4. The molecule has 0 aromatic heterocycles.